The fourth-order valence-corrected chi connectivity index (χ4v) is 3.58. The molecule has 1 aliphatic carbocycles. The maximum atomic E-state index is 12.7. The number of urea groups is 1. The zero-order valence-corrected chi connectivity index (χ0v) is 15.7. The number of para-hydroxylation sites is 1. The summed E-state index contributed by atoms with van der Waals surface area (Å²) in [5, 5.41) is 6.18. The van der Waals surface area contributed by atoms with Gasteiger partial charge in [-0.2, -0.15) is 0 Å². The number of anilines is 1. The number of hydrogen-bond acceptors (Lipinski definition) is 4. The van der Waals surface area contributed by atoms with Crippen molar-refractivity contribution in [3.05, 3.63) is 48.0 Å². The van der Waals surface area contributed by atoms with Crippen molar-refractivity contribution >= 4 is 11.7 Å². The number of aryl methyl sites for hydroxylation is 1. The van der Waals surface area contributed by atoms with E-state index in [9.17, 15) is 4.79 Å². The number of imidazole rings is 1. The summed E-state index contributed by atoms with van der Waals surface area (Å²) in [7, 11) is 1.97. The SMILES string of the molecule is Cn1ccnc1[C@@H](NC(=O)Nc1ccccc1CN1CCOCC1)C1CC1. The Morgan fingerprint density at radius 1 is 1.30 bits per heavy atom. The molecule has 1 aliphatic heterocycles. The van der Waals surface area contributed by atoms with Crippen LogP contribution in [0.4, 0.5) is 10.5 Å². The quantitative estimate of drug-likeness (QED) is 0.821. The molecule has 1 aromatic carbocycles. The van der Waals surface area contributed by atoms with Crippen molar-refractivity contribution in [1.29, 1.82) is 0 Å². The number of carbonyl (C=O) groups excluding carboxylic acids is 1. The van der Waals surface area contributed by atoms with Crippen LogP contribution in [0.3, 0.4) is 0 Å². The van der Waals surface area contributed by atoms with Gasteiger partial charge in [-0.1, -0.05) is 18.2 Å². The van der Waals surface area contributed by atoms with Crippen LogP contribution in [0.25, 0.3) is 0 Å². The van der Waals surface area contributed by atoms with E-state index in [2.05, 4.69) is 26.6 Å². The predicted octanol–water partition coefficient (Wildman–Crippen LogP) is 2.53. The van der Waals surface area contributed by atoms with E-state index in [4.69, 9.17) is 4.74 Å². The molecule has 1 aromatic heterocycles. The number of amides is 2. The van der Waals surface area contributed by atoms with Crippen LogP contribution >= 0.6 is 0 Å². The number of carbonyl (C=O) groups is 1. The molecule has 0 unspecified atom stereocenters. The van der Waals surface area contributed by atoms with Gasteiger partial charge in [0.05, 0.1) is 19.3 Å². The molecule has 2 N–H and O–H groups in total. The number of aromatic nitrogens is 2. The molecule has 2 amide bonds. The van der Waals surface area contributed by atoms with Crippen molar-refractivity contribution in [1.82, 2.24) is 19.8 Å². The van der Waals surface area contributed by atoms with E-state index in [1.807, 2.05) is 36.0 Å². The monoisotopic (exact) mass is 369 g/mol. The third-order valence-electron chi connectivity index (χ3n) is 5.28. The molecule has 0 bridgehead atoms. The highest BCUT2D eigenvalue weighted by Gasteiger charge is 2.35. The molecule has 1 saturated carbocycles. The van der Waals surface area contributed by atoms with Gasteiger partial charge in [-0.05, 0) is 30.4 Å². The number of nitrogens with zero attached hydrogens (tertiary/aromatic N) is 3. The van der Waals surface area contributed by atoms with Gasteiger partial charge in [-0.25, -0.2) is 9.78 Å². The van der Waals surface area contributed by atoms with Gasteiger partial charge in [0.15, 0.2) is 0 Å². The first kappa shape index (κ1) is 18.0. The lowest BCUT2D eigenvalue weighted by Crippen LogP contribution is -2.37. The van der Waals surface area contributed by atoms with E-state index in [0.717, 1.165) is 62.8 Å². The number of rotatable bonds is 6. The van der Waals surface area contributed by atoms with E-state index < -0.39 is 0 Å². The Kier molecular flexibility index (Phi) is 5.40. The summed E-state index contributed by atoms with van der Waals surface area (Å²) < 4.78 is 7.40. The molecule has 2 heterocycles. The summed E-state index contributed by atoms with van der Waals surface area (Å²) >= 11 is 0. The predicted molar refractivity (Wildman–Crippen MR) is 103 cm³/mol. The first-order chi connectivity index (χ1) is 13.2. The molecule has 27 heavy (non-hydrogen) atoms. The lowest BCUT2D eigenvalue weighted by molar-refractivity contribution is 0.0343. The van der Waals surface area contributed by atoms with E-state index in [0.29, 0.717) is 5.92 Å². The first-order valence-corrected chi connectivity index (χ1v) is 9.63. The van der Waals surface area contributed by atoms with E-state index in [1.54, 1.807) is 6.20 Å². The average molecular weight is 369 g/mol. The molecule has 2 aromatic rings. The van der Waals surface area contributed by atoms with Crippen LogP contribution < -0.4 is 10.6 Å². The summed E-state index contributed by atoms with van der Waals surface area (Å²) in [6, 6.07) is 7.78. The zero-order chi connectivity index (χ0) is 18.6. The van der Waals surface area contributed by atoms with E-state index >= 15 is 0 Å². The standard InChI is InChI=1S/C20H27N5O2/c1-24-9-8-21-19(24)18(15-6-7-15)23-20(26)22-17-5-3-2-4-16(17)14-25-10-12-27-13-11-25/h2-5,8-9,15,18H,6-7,10-14H2,1H3,(H2,22,23,26)/t18-/m0/s1. The van der Waals surface area contributed by atoms with Crippen LogP contribution in [-0.4, -0.2) is 46.8 Å². The van der Waals surface area contributed by atoms with Crippen molar-refractivity contribution in [3.63, 3.8) is 0 Å². The molecule has 1 atom stereocenters. The zero-order valence-electron chi connectivity index (χ0n) is 15.7. The number of nitrogens with one attached hydrogen (secondary N) is 2. The molecule has 2 fully saturated rings. The van der Waals surface area contributed by atoms with Crippen LogP contribution in [0.1, 0.15) is 30.3 Å². The van der Waals surface area contributed by atoms with E-state index in [1.165, 1.54) is 0 Å². The van der Waals surface area contributed by atoms with Gasteiger partial charge in [0.2, 0.25) is 0 Å². The Balaban J connectivity index is 1.42. The molecule has 4 rings (SSSR count). The van der Waals surface area contributed by atoms with Crippen LogP contribution in [0, 0.1) is 5.92 Å². The fourth-order valence-electron chi connectivity index (χ4n) is 3.58. The summed E-state index contributed by atoms with van der Waals surface area (Å²) in [4.78, 5) is 19.5. The van der Waals surface area contributed by atoms with Gasteiger partial charge in [0.1, 0.15) is 5.82 Å². The largest absolute Gasteiger partial charge is 0.379 e. The van der Waals surface area contributed by atoms with Crippen molar-refractivity contribution in [3.8, 4) is 0 Å². The summed E-state index contributed by atoms with van der Waals surface area (Å²) in [6.45, 7) is 4.18. The lowest BCUT2D eigenvalue weighted by Gasteiger charge is -2.27. The second kappa shape index (κ2) is 8.10. The maximum absolute atomic E-state index is 12.7. The second-order valence-corrected chi connectivity index (χ2v) is 7.36. The third kappa shape index (κ3) is 4.48. The Bertz CT molecular complexity index is 780. The van der Waals surface area contributed by atoms with Crippen molar-refractivity contribution in [2.45, 2.75) is 25.4 Å². The third-order valence-corrected chi connectivity index (χ3v) is 5.28. The Morgan fingerprint density at radius 3 is 2.78 bits per heavy atom. The van der Waals surface area contributed by atoms with Crippen molar-refractivity contribution in [2.75, 3.05) is 31.6 Å². The van der Waals surface area contributed by atoms with Gasteiger partial charge >= 0.3 is 6.03 Å². The highest BCUT2D eigenvalue weighted by molar-refractivity contribution is 5.90. The lowest BCUT2D eigenvalue weighted by atomic mass is 10.1. The molecular formula is C20H27N5O2. The highest BCUT2D eigenvalue weighted by atomic mass is 16.5. The Morgan fingerprint density at radius 2 is 2.07 bits per heavy atom. The second-order valence-electron chi connectivity index (χ2n) is 7.36. The fraction of sp³-hybridized carbons (Fsp3) is 0.500. The highest BCUT2D eigenvalue weighted by Crippen LogP contribution is 2.40. The van der Waals surface area contributed by atoms with Crippen LogP contribution in [0.5, 0.6) is 0 Å². The molecule has 2 aliphatic rings. The van der Waals surface area contributed by atoms with Crippen LogP contribution in [0.2, 0.25) is 0 Å². The molecule has 7 nitrogen and oxygen atoms in total. The number of ether oxygens (including phenoxy) is 1. The molecule has 144 valence electrons. The van der Waals surface area contributed by atoms with E-state index in [-0.39, 0.29) is 12.1 Å². The van der Waals surface area contributed by atoms with Crippen LogP contribution in [-0.2, 0) is 18.3 Å². The van der Waals surface area contributed by atoms with Gasteiger partial charge in [-0.3, -0.25) is 4.90 Å². The average Bonchev–Trinajstić information content (AvgIpc) is 3.43. The first-order valence-electron chi connectivity index (χ1n) is 9.63. The minimum absolute atomic E-state index is 0.0450. The molecule has 1 saturated heterocycles. The summed E-state index contributed by atoms with van der Waals surface area (Å²) in [6.07, 6.45) is 5.96. The van der Waals surface area contributed by atoms with Gasteiger partial charge in [0, 0.05) is 44.8 Å². The molecule has 0 radical (unpaired) electrons. The van der Waals surface area contributed by atoms with Crippen molar-refractivity contribution < 1.29 is 9.53 Å². The van der Waals surface area contributed by atoms with Crippen molar-refractivity contribution in [2.24, 2.45) is 13.0 Å². The Labute approximate surface area is 159 Å². The molecule has 0 spiro atoms. The van der Waals surface area contributed by atoms with Gasteiger partial charge in [0.25, 0.3) is 0 Å². The number of hydrogen-bond donors (Lipinski definition) is 2. The minimum atomic E-state index is -0.177. The molecular weight excluding hydrogens is 342 g/mol. The topological polar surface area (TPSA) is 71.4 Å². The number of morpholine rings is 1. The smallest absolute Gasteiger partial charge is 0.319 e. The summed E-state index contributed by atoms with van der Waals surface area (Å²) in [5.74, 6) is 1.38. The normalized spacial score (nSPS) is 18.9. The van der Waals surface area contributed by atoms with Gasteiger partial charge < -0.3 is 19.9 Å². The Hall–Kier alpha value is -2.38. The summed E-state index contributed by atoms with van der Waals surface area (Å²) in [5.41, 5.74) is 1.98. The van der Waals surface area contributed by atoms with Gasteiger partial charge in [-0.15, -0.1) is 0 Å². The minimum Gasteiger partial charge on any atom is -0.379 e. The number of benzene rings is 1. The maximum Gasteiger partial charge on any atom is 0.319 e. The molecule has 7 heteroatoms. The van der Waals surface area contributed by atoms with Crippen LogP contribution in [0.15, 0.2) is 36.7 Å².